The van der Waals surface area contributed by atoms with Crippen LogP contribution in [0.15, 0.2) is 52.5 Å². The third-order valence-electron chi connectivity index (χ3n) is 6.29. The molecule has 2 aromatic heterocycles. The highest BCUT2D eigenvalue weighted by Gasteiger charge is 2.24. The number of aryl methyl sites for hydroxylation is 1. The Kier molecular flexibility index (Phi) is 8.50. The fourth-order valence-electron chi connectivity index (χ4n) is 4.26. The molecule has 0 radical (unpaired) electrons. The van der Waals surface area contributed by atoms with Gasteiger partial charge in [0.05, 0.1) is 25.2 Å². The van der Waals surface area contributed by atoms with E-state index >= 15 is 4.39 Å². The number of aromatic nitrogens is 4. The fourth-order valence-corrected chi connectivity index (χ4v) is 5.01. The average molecular weight is 583 g/mol. The molecule has 41 heavy (non-hydrogen) atoms. The van der Waals surface area contributed by atoms with Gasteiger partial charge < -0.3 is 19.7 Å². The predicted octanol–water partition coefficient (Wildman–Crippen LogP) is 3.43. The third kappa shape index (κ3) is 6.33. The average Bonchev–Trinajstić information content (AvgIpc) is 3.39. The number of H-pyrrole nitrogens is 1. The Morgan fingerprint density at radius 2 is 2.00 bits per heavy atom. The monoisotopic (exact) mass is 582 g/mol. The van der Waals surface area contributed by atoms with Crippen LogP contribution < -0.4 is 20.1 Å². The number of halogens is 2. The van der Waals surface area contributed by atoms with E-state index in [4.69, 9.17) is 9.47 Å². The van der Waals surface area contributed by atoms with Crippen molar-refractivity contribution in [2.24, 2.45) is 0 Å². The van der Waals surface area contributed by atoms with E-state index in [-0.39, 0.29) is 33.3 Å². The van der Waals surface area contributed by atoms with E-state index in [0.717, 1.165) is 23.5 Å². The maximum Gasteiger partial charge on any atom is 0.289 e. The summed E-state index contributed by atoms with van der Waals surface area (Å²) in [7, 11) is 1.52. The minimum Gasteiger partial charge on any atom is -0.490 e. The molecule has 0 spiro atoms. The molecule has 0 unspecified atom stereocenters. The summed E-state index contributed by atoms with van der Waals surface area (Å²) in [6.07, 6.45) is -0.334. The number of methoxy groups -OCH3 is 1. The number of carbonyl (C=O) groups excluding carboxylic acids is 1. The van der Waals surface area contributed by atoms with Crippen LogP contribution in [-0.4, -0.2) is 59.4 Å². The van der Waals surface area contributed by atoms with Crippen LogP contribution in [0.4, 0.5) is 31.9 Å². The molecule has 0 saturated carbocycles. The molecule has 14 heteroatoms. The van der Waals surface area contributed by atoms with Crippen LogP contribution in [0.5, 0.6) is 5.75 Å². The first-order valence-electron chi connectivity index (χ1n) is 12.6. The Balaban J connectivity index is 1.42. The lowest BCUT2D eigenvalue weighted by molar-refractivity contribution is -0.382. The summed E-state index contributed by atoms with van der Waals surface area (Å²) in [5.41, 5.74) is 0.676. The van der Waals surface area contributed by atoms with E-state index in [9.17, 15) is 14.1 Å². The number of ketones is 1. The maximum atomic E-state index is 15.2. The lowest BCUT2D eigenvalue weighted by Crippen LogP contribution is -2.56. The molecule has 1 aliphatic rings. The van der Waals surface area contributed by atoms with Crippen LogP contribution in [0.3, 0.4) is 0 Å². The molecule has 3 N–H and O–H groups in total. The zero-order valence-electron chi connectivity index (χ0n) is 22.2. The van der Waals surface area contributed by atoms with Gasteiger partial charge in [0.15, 0.2) is 28.4 Å². The molecule has 11 nitrogen and oxygen atoms in total. The zero-order valence-corrected chi connectivity index (χ0v) is 23.0. The van der Waals surface area contributed by atoms with E-state index in [1.165, 1.54) is 42.6 Å². The molecule has 0 amide bonds. The zero-order chi connectivity index (χ0) is 28.9. The molecular weight excluding hydrogens is 556 g/mol. The van der Waals surface area contributed by atoms with E-state index in [2.05, 4.69) is 25.5 Å². The van der Waals surface area contributed by atoms with Gasteiger partial charge in [0.1, 0.15) is 5.82 Å². The third-order valence-corrected chi connectivity index (χ3v) is 7.21. The van der Waals surface area contributed by atoms with Gasteiger partial charge in [-0.05, 0) is 30.8 Å². The molecule has 1 saturated heterocycles. The van der Waals surface area contributed by atoms with Crippen molar-refractivity contribution in [1.29, 1.82) is 0 Å². The molecule has 2 aromatic carbocycles. The highest BCUT2D eigenvalue weighted by molar-refractivity contribution is 7.99. The number of carbonyl (C=O) groups is 1. The summed E-state index contributed by atoms with van der Waals surface area (Å²) in [6.45, 7) is 4.06. The smallest absolute Gasteiger partial charge is 0.289 e. The van der Waals surface area contributed by atoms with Crippen LogP contribution in [0.1, 0.15) is 21.6 Å². The lowest BCUT2D eigenvalue weighted by Gasteiger charge is -2.29. The van der Waals surface area contributed by atoms with Crippen molar-refractivity contribution in [3.63, 3.8) is 0 Å². The highest BCUT2D eigenvalue weighted by Crippen LogP contribution is 2.39. The number of anilines is 3. The molecule has 212 valence electrons. The van der Waals surface area contributed by atoms with Crippen molar-refractivity contribution in [2.45, 2.75) is 23.4 Å². The van der Waals surface area contributed by atoms with Crippen molar-refractivity contribution in [2.75, 3.05) is 43.6 Å². The first-order chi connectivity index (χ1) is 19.9. The molecule has 1 fully saturated rings. The normalized spacial score (nSPS) is 13.2. The van der Waals surface area contributed by atoms with Gasteiger partial charge in [0.25, 0.3) is 5.69 Å². The second-order valence-electron chi connectivity index (χ2n) is 9.10. The second kappa shape index (κ2) is 12.4. The van der Waals surface area contributed by atoms with Gasteiger partial charge in [0, 0.05) is 58.5 Å². The summed E-state index contributed by atoms with van der Waals surface area (Å²) in [6, 6.07) is 9.93. The van der Waals surface area contributed by atoms with Crippen molar-refractivity contribution < 1.29 is 28.2 Å². The van der Waals surface area contributed by atoms with Gasteiger partial charge in [-0.15, -0.1) is 0 Å². The summed E-state index contributed by atoms with van der Waals surface area (Å²) in [5, 5.41) is 11.9. The largest absolute Gasteiger partial charge is 0.490 e. The Morgan fingerprint density at radius 1 is 1.20 bits per heavy atom. The molecule has 5 rings (SSSR count). The number of benzene rings is 2. The molecule has 4 aromatic rings. The van der Waals surface area contributed by atoms with Gasteiger partial charge in [-0.25, -0.2) is 14.4 Å². The minimum absolute atomic E-state index is 0.0316. The second-order valence-corrected chi connectivity index (χ2v) is 10.1. The van der Waals surface area contributed by atoms with Crippen LogP contribution in [0.25, 0.3) is 0 Å². The fraction of sp³-hybridized carbons (Fsp3) is 0.259. The van der Waals surface area contributed by atoms with Gasteiger partial charge >= 0.3 is 0 Å². The van der Waals surface area contributed by atoms with Crippen molar-refractivity contribution in [1.82, 2.24) is 20.2 Å². The van der Waals surface area contributed by atoms with E-state index < -0.39 is 17.4 Å². The van der Waals surface area contributed by atoms with E-state index in [1.54, 1.807) is 6.07 Å². The van der Waals surface area contributed by atoms with Crippen LogP contribution in [0.2, 0.25) is 0 Å². The molecular formula is C27H26F2N7O4S+. The summed E-state index contributed by atoms with van der Waals surface area (Å²) in [4.78, 5) is 35.1. The molecule has 0 bridgehead atoms. The predicted molar refractivity (Wildman–Crippen MR) is 147 cm³/mol. The quantitative estimate of drug-likeness (QED) is 0.188. The molecule has 1 aliphatic heterocycles. The minimum atomic E-state index is -0.814. The van der Waals surface area contributed by atoms with E-state index in [0.29, 0.717) is 49.5 Å². The molecule has 3 heterocycles. The number of rotatable bonds is 10. The topological polar surface area (TPSA) is 136 Å². The first kappa shape index (κ1) is 28.1. The number of aromatic amines is 1. The van der Waals surface area contributed by atoms with Crippen molar-refractivity contribution >= 4 is 40.7 Å². The Morgan fingerprint density at radius 3 is 2.68 bits per heavy atom. The van der Waals surface area contributed by atoms with Crippen molar-refractivity contribution in [3.8, 4) is 5.75 Å². The SMILES string of the molecule is COc1c(Nc2cc(C)[nH]n2)nc(Sc2ccc(C(=O)Cc3cccc([NH+]=O)c3F)cc2F)nc1N1CCOCC1. The Labute approximate surface area is 237 Å². The number of morpholine rings is 1. The van der Waals surface area contributed by atoms with Gasteiger partial charge in [-0.3, -0.25) is 9.89 Å². The number of hydrogen-bond donors (Lipinski definition) is 3. The molecule has 0 aliphatic carbocycles. The van der Waals surface area contributed by atoms with Crippen molar-refractivity contribution in [3.05, 3.63) is 75.8 Å². The lowest BCUT2D eigenvalue weighted by atomic mass is 10.0. The van der Waals surface area contributed by atoms with E-state index in [1.807, 2.05) is 11.8 Å². The number of nitroso groups, excluding NO2 is 1. The Bertz CT molecular complexity index is 1590. The number of Topliss-reactive ketones (excluding diaryl/α,β-unsaturated/α-hetero) is 1. The highest BCUT2D eigenvalue weighted by atomic mass is 32.2. The number of hydrogen-bond acceptors (Lipinski definition) is 10. The summed E-state index contributed by atoms with van der Waals surface area (Å²) < 4.78 is 40.8. The van der Waals surface area contributed by atoms with Gasteiger partial charge in [0.2, 0.25) is 11.6 Å². The van der Waals surface area contributed by atoms with Crippen LogP contribution >= 0.6 is 11.8 Å². The van der Waals surface area contributed by atoms with Gasteiger partial charge in [-0.1, -0.05) is 18.2 Å². The number of nitrogens with one attached hydrogen (secondary N) is 3. The maximum absolute atomic E-state index is 15.2. The summed E-state index contributed by atoms with van der Waals surface area (Å²) in [5.74, 6) is -0.188. The molecule has 0 atom stereocenters. The number of nitrogens with zero attached hydrogens (tertiary/aromatic N) is 4. The Hall–Kier alpha value is -4.43. The standard InChI is InChI=1S/C27H25F2N7O4S/c1-15-12-22(34-33-15)30-25-24(39-2)26(36-8-10-40-11-9-36)32-27(31-25)41-21-7-6-16(13-18(21)28)20(37)14-17-4-3-5-19(35-38)23(17)29/h3-7,12-13H,8-11,14H2,1-2H3,(H2,30,31,32,33,34)/p+1. The van der Waals surface area contributed by atoms with Crippen LogP contribution in [0, 0.1) is 23.5 Å². The summed E-state index contributed by atoms with van der Waals surface area (Å²) >= 11 is 0.980. The van der Waals surface area contributed by atoms with Crippen LogP contribution in [-0.2, 0) is 11.2 Å². The number of ether oxygens (including phenoxy) is 2. The van der Waals surface area contributed by atoms with Gasteiger partial charge in [-0.2, -0.15) is 9.49 Å². The first-order valence-corrected chi connectivity index (χ1v) is 13.4.